The summed E-state index contributed by atoms with van der Waals surface area (Å²) in [7, 11) is 1.77. The fraction of sp³-hybridized carbons (Fsp3) is 0.130. The van der Waals surface area contributed by atoms with Gasteiger partial charge < -0.3 is 4.90 Å². The van der Waals surface area contributed by atoms with E-state index < -0.39 is 0 Å². The first-order chi connectivity index (χ1) is 14.6. The predicted molar refractivity (Wildman–Crippen MR) is 118 cm³/mol. The Morgan fingerprint density at radius 3 is 2.50 bits per heavy atom. The number of amides is 1. The molecule has 1 amide bonds. The molecule has 0 saturated carbocycles. The van der Waals surface area contributed by atoms with Crippen LogP contribution in [0.5, 0.6) is 0 Å². The van der Waals surface area contributed by atoms with Crippen molar-refractivity contribution in [3.8, 4) is 5.69 Å². The van der Waals surface area contributed by atoms with Crippen LogP contribution in [0.4, 0.5) is 0 Å². The third-order valence-corrected chi connectivity index (χ3v) is 5.43. The Labute approximate surface area is 183 Å². The second-order valence-corrected chi connectivity index (χ2v) is 7.81. The number of nitrogens with zero attached hydrogens (tertiary/aromatic N) is 5. The summed E-state index contributed by atoms with van der Waals surface area (Å²) in [5.74, 6) is -0.215. The van der Waals surface area contributed by atoms with E-state index in [0.717, 1.165) is 21.4 Å². The number of pyridine rings is 1. The summed E-state index contributed by atoms with van der Waals surface area (Å²) < 4.78 is 2.60. The van der Waals surface area contributed by atoms with E-state index in [1.807, 2.05) is 79.7 Å². The van der Waals surface area contributed by atoms with Gasteiger partial charge in [-0.25, -0.2) is 4.68 Å². The van der Waals surface area contributed by atoms with Crippen LogP contribution in [0.15, 0.2) is 83.5 Å². The van der Waals surface area contributed by atoms with Crippen LogP contribution in [0.25, 0.3) is 5.69 Å². The van der Waals surface area contributed by atoms with Crippen LogP contribution < -0.4 is 0 Å². The molecule has 4 rings (SSSR count). The topological polar surface area (TPSA) is 63.9 Å². The molecule has 30 heavy (non-hydrogen) atoms. The highest BCUT2D eigenvalue weighted by Crippen LogP contribution is 2.28. The lowest BCUT2D eigenvalue weighted by atomic mass is 10.0. The quantitative estimate of drug-likeness (QED) is 0.435. The fourth-order valence-electron chi connectivity index (χ4n) is 3.43. The molecule has 0 aliphatic heterocycles. The van der Waals surface area contributed by atoms with Crippen LogP contribution in [0.1, 0.15) is 33.5 Å². The minimum absolute atomic E-state index is 0.215. The van der Waals surface area contributed by atoms with E-state index in [4.69, 9.17) is 0 Å². The Kier molecular flexibility index (Phi) is 5.72. The lowest BCUT2D eigenvalue weighted by molar-refractivity contribution is 0.0746. The van der Waals surface area contributed by atoms with Gasteiger partial charge in [0.15, 0.2) is 5.69 Å². The number of hydrogen-bond acceptors (Lipinski definition) is 4. The second-order valence-electron chi connectivity index (χ2n) is 6.90. The Morgan fingerprint density at radius 1 is 1.03 bits per heavy atom. The number of carbonyl (C=O) groups excluding carboxylic acids is 1. The summed E-state index contributed by atoms with van der Waals surface area (Å²) in [6.07, 6.45) is 1.73. The summed E-state index contributed by atoms with van der Waals surface area (Å²) in [6, 6.07) is 22.9. The number of hydrogen-bond donors (Lipinski definition) is 0. The van der Waals surface area contributed by atoms with Crippen molar-refractivity contribution in [2.24, 2.45) is 0 Å². The largest absolute Gasteiger partial charge is 0.328 e. The number of halogens is 1. The van der Waals surface area contributed by atoms with E-state index in [1.54, 1.807) is 22.8 Å². The minimum atomic E-state index is -0.338. The monoisotopic (exact) mass is 461 g/mol. The first-order valence-corrected chi connectivity index (χ1v) is 10.3. The highest BCUT2D eigenvalue weighted by atomic mass is 79.9. The molecule has 0 radical (unpaired) electrons. The van der Waals surface area contributed by atoms with Gasteiger partial charge in [-0.2, -0.15) is 0 Å². The van der Waals surface area contributed by atoms with Gasteiger partial charge in [-0.05, 0) is 42.8 Å². The van der Waals surface area contributed by atoms with Gasteiger partial charge in [0, 0.05) is 17.7 Å². The van der Waals surface area contributed by atoms with Crippen LogP contribution in [-0.4, -0.2) is 37.8 Å². The van der Waals surface area contributed by atoms with Crippen LogP contribution in [0.2, 0.25) is 0 Å². The van der Waals surface area contributed by atoms with Crippen LogP contribution in [-0.2, 0) is 0 Å². The fourth-order valence-corrected chi connectivity index (χ4v) is 3.82. The molecule has 6 nitrogen and oxygen atoms in total. The first-order valence-electron chi connectivity index (χ1n) is 9.47. The molecule has 1 atom stereocenters. The summed E-state index contributed by atoms with van der Waals surface area (Å²) in [4.78, 5) is 19.6. The van der Waals surface area contributed by atoms with Gasteiger partial charge in [-0.15, -0.1) is 5.10 Å². The normalized spacial score (nSPS) is 11.8. The van der Waals surface area contributed by atoms with E-state index >= 15 is 0 Å². The Hall–Kier alpha value is -3.32. The average molecular weight is 462 g/mol. The summed E-state index contributed by atoms with van der Waals surface area (Å²) in [5.41, 5.74) is 3.59. The van der Waals surface area contributed by atoms with Gasteiger partial charge in [-0.3, -0.25) is 9.78 Å². The summed E-state index contributed by atoms with van der Waals surface area (Å²) >= 11 is 3.47. The van der Waals surface area contributed by atoms with Gasteiger partial charge in [0.05, 0.1) is 23.1 Å². The maximum atomic E-state index is 13.4. The molecule has 150 valence electrons. The van der Waals surface area contributed by atoms with Gasteiger partial charge in [0.2, 0.25) is 0 Å². The molecular weight excluding hydrogens is 442 g/mol. The Bertz CT molecular complexity index is 1120. The van der Waals surface area contributed by atoms with E-state index in [2.05, 4.69) is 31.2 Å². The third kappa shape index (κ3) is 3.89. The smallest absolute Gasteiger partial charge is 0.276 e. The lowest BCUT2D eigenvalue weighted by Gasteiger charge is -2.28. The summed E-state index contributed by atoms with van der Waals surface area (Å²) in [6.45, 7) is 1.85. The second kappa shape index (κ2) is 8.59. The highest BCUT2D eigenvalue weighted by molar-refractivity contribution is 9.10. The zero-order chi connectivity index (χ0) is 21.1. The molecule has 0 fully saturated rings. The van der Waals surface area contributed by atoms with Gasteiger partial charge in [0.25, 0.3) is 5.91 Å². The van der Waals surface area contributed by atoms with E-state index in [9.17, 15) is 4.79 Å². The molecule has 0 N–H and O–H groups in total. The van der Waals surface area contributed by atoms with E-state index in [0.29, 0.717) is 11.4 Å². The number of rotatable bonds is 5. The molecule has 4 aromatic rings. The molecule has 2 aromatic carbocycles. The Balaban J connectivity index is 1.71. The molecule has 2 heterocycles. The molecule has 0 aliphatic rings. The zero-order valence-electron chi connectivity index (χ0n) is 16.6. The first kappa shape index (κ1) is 20.0. The molecule has 0 bridgehead atoms. The molecule has 1 unspecified atom stereocenters. The lowest BCUT2D eigenvalue weighted by Crippen LogP contribution is -2.33. The molecule has 2 aromatic heterocycles. The van der Waals surface area contributed by atoms with Crippen molar-refractivity contribution < 1.29 is 4.79 Å². The average Bonchev–Trinajstić information content (AvgIpc) is 3.16. The van der Waals surface area contributed by atoms with Crippen molar-refractivity contribution in [1.29, 1.82) is 0 Å². The summed E-state index contributed by atoms with van der Waals surface area (Å²) in [5, 5.41) is 8.42. The maximum Gasteiger partial charge on any atom is 0.276 e. The van der Waals surface area contributed by atoms with Gasteiger partial charge in [-0.1, -0.05) is 63.6 Å². The number of carbonyl (C=O) groups is 1. The number of benzene rings is 2. The molecule has 0 saturated heterocycles. The number of aromatic nitrogens is 4. The predicted octanol–water partition coefficient (Wildman–Crippen LogP) is 4.59. The third-order valence-electron chi connectivity index (χ3n) is 4.94. The molecular formula is C23H20BrN5O. The van der Waals surface area contributed by atoms with Crippen LogP contribution >= 0.6 is 15.9 Å². The van der Waals surface area contributed by atoms with Crippen molar-refractivity contribution >= 4 is 21.8 Å². The van der Waals surface area contributed by atoms with E-state index in [-0.39, 0.29) is 11.9 Å². The standard InChI is InChI=1S/C23H20BrN5O/c1-16-21(26-27-29(16)19-12-8-11-18(24)15-19)23(30)28(2)22(17-9-4-3-5-10-17)20-13-6-7-14-25-20/h3-15,22H,1-2H3. The molecule has 7 heteroatoms. The van der Waals surface area contributed by atoms with Crippen LogP contribution in [0.3, 0.4) is 0 Å². The zero-order valence-corrected chi connectivity index (χ0v) is 18.2. The van der Waals surface area contributed by atoms with Crippen LogP contribution in [0, 0.1) is 6.92 Å². The van der Waals surface area contributed by atoms with Crippen molar-refractivity contribution in [2.45, 2.75) is 13.0 Å². The van der Waals surface area contributed by atoms with Crippen molar-refractivity contribution in [1.82, 2.24) is 24.9 Å². The van der Waals surface area contributed by atoms with Crippen molar-refractivity contribution in [3.05, 3.63) is 106 Å². The molecule has 0 aliphatic carbocycles. The van der Waals surface area contributed by atoms with E-state index in [1.165, 1.54) is 0 Å². The highest BCUT2D eigenvalue weighted by Gasteiger charge is 2.28. The van der Waals surface area contributed by atoms with Gasteiger partial charge in [0.1, 0.15) is 0 Å². The van der Waals surface area contributed by atoms with Crippen molar-refractivity contribution in [3.63, 3.8) is 0 Å². The SMILES string of the molecule is Cc1c(C(=O)N(C)C(c2ccccc2)c2ccccn2)nnn1-c1cccc(Br)c1. The molecule has 0 spiro atoms. The Morgan fingerprint density at radius 2 is 1.80 bits per heavy atom. The van der Waals surface area contributed by atoms with Gasteiger partial charge >= 0.3 is 0 Å². The maximum absolute atomic E-state index is 13.4. The van der Waals surface area contributed by atoms with Crippen molar-refractivity contribution in [2.75, 3.05) is 7.05 Å². The minimum Gasteiger partial charge on any atom is -0.328 e.